The number of anilines is 1. The van der Waals surface area contributed by atoms with E-state index in [1.165, 1.54) is 29.2 Å². The van der Waals surface area contributed by atoms with Crippen LogP contribution in [0.4, 0.5) is 5.69 Å². The van der Waals surface area contributed by atoms with Crippen LogP contribution in [-0.2, 0) is 14.3 Å². The van der Waals surface area contributed by atoms with Gasteiger partial charge in [-0.15, -0.1) is 0 Å². The van der Waals surface area contributed by atoms with Crippen LogP contribution >= 0.6 is 0 Å². The van der Waals surface area contributed by atoms with E-state index >= 15 is 0 Å². The van der Waals surface area contributed by atoms with Crippen molar-refractivity contribution in [3.8, 4) is 0 Å². The topological polar surface area (TPSA) is 84.0 Å². The number of amides is 3. The molecule has 2 unspecified atom stereocenters. The summed E-state index contributed by atoms with van der Waals surface area (Å²) in [6, 6.07) is 21.3. The van der Waals surface area contributed by atoms with Crippen LogP contribution in [-0.4, -0.2) is 41.2 Å². The lowest BCUT2D eigenvalue weighted by Crippen LogP contribution is -2.46. The van der Waals surface area contributed by atoms with Crippen molar-refractivity contribution in [2.75, 3.05) is 11.5 Å². The van der Waals surface area contributed by atoms with Gasteiger partial charge in [-0.3, -0.25) is 14.4 Å². The summed E-state index contributed by atoms with van der Waals surface area (Å²) in [7, 11) is 0. The predicted octanol–water partition coefficient (Wildman–Crippen LogP) is 4.71. The Labute approximate surface area is 210 Å². The Morgan fingerprint density at radius 3 is 2.31 bits per heavy atom. The van der Waals surface area contributed by atoms with Gasteiger partial charge >= 0.3 is 5.97 Å². The highest BCUT2D eigenvalue weighted by molar-refractivity contribution is 6.23. The first-order chi connectivity index (χ1) is 17.3. The summed E-state index contributed by atoms with van der Waals surface area (Å²) >= 11 is 0. The average Bonchev–Trinajstić information content (AvgIpc) is 3.18. The normalized spacial score (nSPS) is 16.1. The molecule has 4 rings (SSSR count). The molecule has 1 aliphatic rings. The van der Waals surface area contributed by atoms with Crippen molar-refractivity contribution in [1.29, 1.82) is 0 Å². The fraction of sp³-hybridized carbons (Fsp3) is 0.241. The van der Waals surface area contributed by atoms with E-state index in [0.717, 1.165) is 16.0 Å². The van der Waals surface area contributed by atoms with Crippen molar-refractivity contribution in [2.24, 2.45) is 0 Å². The molecule has 0 radical (unpaired) electrons. The largest absolute Gasteiger partial charge is 0.462 e. The monoisotopic (exact) mass is 484 g/mol. The fourth-order valence-electron chi connectivity index (χ4n) is 4.47. The van der Waals surface area contributed by atoms with Crippen LogP contribution in [0.25, 0.3) is 0 Å². The highest BCUT2D eigenvalue weighted by Crippen LogP contribution is 2.32. The second-order valence-corrected chi connectivity index (χ2v) is 8.72. The average molecular weight is 485 g/mol. The van der Waals surface area contributed by atoms with Crippen LogP contribution in [0.2, 0.25) is 0 Å². The summed E-state index contributed by atoms with van der Waals surface area (Å²) < 4.78 is 5.00. The van der Waals surface area contributed by atoms with Crippen molar-refractivity contribution in [3.05, 3.63) is 101 Å². The minimum absolute atomic E-state index is 0.132. The SMILES string of the molecule is CCOC(=O)c1ccc(N2C(=O)CC(N(C(=O)c3cccc(C)c3)C(C)c3ccccc3)C2=O)cc1. The van der Waals surface area contributed by atoms with E-state index in [1.54, 1.807) is 25.1 Å². The molecular formula is C29H28N2O5. The number of rotatable bonds is 7. The second-order valence-electron chi connectivity index (χ2n) is 8.72. The molecule has 0 spiro atoms. The minimum atomic E-state index is -0.967. The van der Waals surface area contributed by atoms with Crippen molar-refractivity contribution in [1.82, 2.24) is 4.90 Å². The van der Waals surface area contributed by atoms with Gasteiger partial charge in [0.05, 0.1) is 30.3 Å². The third kappa shape index (κ3) is 4.91. The highest BCUT2D eigenvalue weighted by atomic mass is 16.5. The lowest BCUT2D eigenvalue weighted by Gasteiger charge is -2.33. The molecule has 1 aliphatic heterocycles. The van der Waals surface area contributed by atoms with E-state index in [-0.39, 0.29) is 18.9 Å². The Morgan fingerprint density at radius 1 is 0.972 bits per heavy atom. The van der Waals surface area contributed by atoms with Crippen molar-refractivity contribution >= 4 is 29.4 Å². The molecule has 1 saturated heterocycles. The molecule has 36 heavy (non-hydrogen) atoms. The maximum Gasteiger partial charge on any atom is 0.338 e. The van der Waals surface area contributed by atoms with E-state index in [0.29, 0.717) is 16.8 Å². The molecule has 3 aromatic rings. The van der Waals surface area contributed by atoms with Crippen molar-refractivity contribution in [3.63, 3.8) is 0 Å². The molecule has 0 saturated carbocycles. The molecular weight excluding hydrogens is 456 g/mol. The van der Waals surface area contributed by atoms with Gasteiger partial charge in [0.2, 0.25) is 5.91 Å². The zero-order chi connectivity index (χ0) is 25.8. The summed E-state index contributed by atoms with van der Waals surface area (Å²) in [5.41, 5.74) is 2.90. The van der Waals surface area contributed by atoms with E-state index in [4.69, 9.17) is 4.74 Å². The lowest BCUT2D eigenvalue weighted by molar-refractivity contribution is -0.122. The fourth-order valence-corrected chi connectivity index (χ4v) is 4.47. The molecule has 3 aromatic carbocycles. The summed E-state index contributed by atoms with van der Waals surface area (Å²) in [5.74, 6) is -1.68. The number of hydrogen-bond donors (Lipinski definition) is 0. The Hall–Kier alpha value is -4.26. The van der Waals surface area contributed by atoms with Crippen LogP contribution in [0.15, 0.2) is 78.9 Å². The quantitative estimate of drug-likeness (QED) is 0.358. The summed E-state index contributed by atoms with van der Waals surface area (Å²) in [4.78, 5) is 55.1. The first-order valence-electron chi connectivity index (χ1n) is 11.9. The minimum Gasteiger partial charge on any atom is -0.462 e. The predicted molar refractivity (Wildman–Crippen MR) is 136 cm³/mol. The smallest absolute Gasteiger partial charge is 0.338 e. The summed E-state index contributed by atoms with van der Waals surface area (Å²) in [6.07, 6.45) is -0.132. The van der Waals surface area contributed by atoms with Crippen LogP contribution in [0.1, 0.15) is 58.2 Å². The molecule has 7 nitrogen and oxygen atoms in total. The number of benzene rings is 3. The molecule has 0 bridgehead atoms. The standard InChI is InChI=1S/C29H28N2O5/c1-4-36-29(35)22-13-15-24(16-14-22)31-26(32)18-25(28(31)34)30(20(3)21-10-6-5-7-11-21)27(33)23-12-8-9-19(2)17-23/h5-17,20,25H,4,18H2,1-3H3. The van der Waals surface area contributed by atoms with Gasteiger partial charge in [-0.1, -0.05) is 48.0 Å². The third-order valence-corrected chi connectivity index (χ3v) is 6.29. The van der Waals surface area contributed by atoms with Gasteiger partial charge < -0.3 is 9.64 Å². The van der Waals surface area contributed by atoms with Gasteiger partial charge in [0.1, 0.15) is 6.04 Å². The zero-order valence-electron chi connectivity index (χ0n) is 20.5. The number of carbonyl (C=O) groups is 4. The molecule has 184 valence electrons. The third-order valence-electron chi connectivity index (χ3n) is 6.29. The number of imide groups is 1. The maximum absolute atomic E-state index is 13.8. The molecule has 2 atom stereocenters. The van der Waals surface area contributed by atoms with Gasteiger partial charge in [-0.2, -0.15) is 0 Å². The molecule has 7 heteroatoms. The maximum atomic E-state index is 13.8. The molecule has 0 aromatic heterocycles. The van der Waals surface area contributed by atoms with E-state index in [1.807, 2.05) is 50.2 Å². The summed E-state index contributed by atoms with van der Waals surface area (Å²) in [5, 5.41) is 0. The summed E-state index contributed by atoms with van der Waals surface area (Å²) in [6.45, 7) is 5.72. The Kier molecular flexibility index (Phi) is 7.29. The number of ether oxygens (including phenoxy) is 1. The van der Waals surface area contributed by atoms with Crippen molar-refractivity contribution < 1.29 is 23.9 Å². The van der Waals surface area contributed by atoms with Crippen LogP contribution in [0.3, 0.4) is 0 Å². The Bertz CT molecular complexity index is 1290. The number of carbonyl (C=O) groups excluding carboxylic acids is 4. The van der Waals surface area contributed by atoms with Crippen LogP contribution in [0, 0.1) is 6.92 Å². The Balaban J connectivity index is 1.68. The molecule has 0 N–H and O–H groups in total. The number of aryl methyl sites for hydroxylation is 1. The van der Waals surface area contributed by atoms with Gasteiger partial charge in [0.25, 0.3) is 11.8 Å². The van der Waals surface area contributed by atoms with Gasteiger partial charge in [0, 0.05) is 5.56 Å². The van der Waals surface area contributed by atoms with Gasteiger partial charge in [-0.05, 0) is 62.7 Å². The first-order valence-corrected chi connectivity index (χ1v) is 11.9. The Morgan fingerprint density at radius 2 is 1.67 bits per heavy atom. The molecule has 1 fully saturated rings. The molecule has 1 heterocycles. The van der Waals surface area contributed by atoms with Gasteiger partial charge in [-0.25, -0.2) is 9.69 Å². The van der Waals surface area contributed by atoms with E-state index < -0.39 is 29.9 Å². The van der Waals surface area contributed by atoms with Crippen molar-refractivity contribution in [2.45, 2.75) is 39.3 Å². The molecule has 0 aliphatic carbocycles. The van der Waals surface area contributed by atoms with Gasteiger partial charge in [0.15, 0.2) is 0 Å². The number of hydrogen-bond acceptors (Lipinski definition) is 5. The van der Waals surface area contributed by atoms with E-state index in [2.05, 4.69) is 0 Å². The number of nitrogens with zero attached hydrogens (tertiary/aromatic N) is 2. The highest BCUT2D eigenvalue weighted by Gasteiger charge is 2.46. The van der Waals surface area contributed by atoms with Crippen LogP contribution in [0.5, 0.6) is 0 Å². The zero-order valence-corrected chi connectivity index (χ0v) is 20.5. The number of esters is 1. The van der Waals surface area contributed by atoms with Crippen LogP contribution < -0.4 is 4.90 Å². The second kappa shape index (κ2) is 10.6. The van der Waals surface area contributed by atoms with E-state index in [9.17, 15) is 19.2 Å². The first kappa shape index (κ1) is 24.9. The molecule has 3 amide bonds. The lowest BCUT2D eigenvalue weighted by atomic mass is 10.0.